The van der Waals surface area contributed by atoms with Gasteiger partial charge in [0.05, 0.1) is 23.5 Å². The molecule has 0 radical (unpaired) electrons. The predicted molar refractivity (Wildman–Crippen MR) is 62.2 cm³/mol. The molecule has 0 unspecified atom stereocenters. The van der Waals surface area contributed by atoms with Crippen LogP contribution in [0.25, 0.3) is 5.69 Å². The van der Waals surface area contributed by atoms with Crippen molar-refractivity contribution >= 4 is 21.6 Å². The third kappa shape index (κ3) is 1.88. The Labute approximate surface area is 99.9 Å². The van der Waals surface area contributed by atoms with Crippen LogP contribution in [-0.4, -0.2) is 16.9 Å². The van der Waals surface area contributed by atoms with Gasteiger partial charge in [0.2, 0.25) is 0 Å². The molecule has 0 fully saturated rings. The molecule has 16 heavy (non-hydrogen) atoms. The van der Waals surface area contributed by atoms with Gasteiger partial charge in [0, 0.05) is 18.3 Å². The molecule has 0 saturated heterocycles. The molecule has 0 saturated carbocycles. The second-order valence-corrected chi connectivity index (χ2v) is 4.06. The van der Waals surface area contributed by atoms with Crippen molar-refractivity contribution in [1.29, 1.82) is 0 Å². The van der Waals surface area contributed by atoms with Gasteiger partial charge >= 0.3 is 0 Å². The monoisotopic (exact) mass is 285 g/mol. The average Bonchev–Trinajstić information content (AvgIpc) is 2.65. The Balaban J connectivity index is 2.56. The SMILES string of the molecule is COc1cc(-n2cc(Br)cn2)c(F)cc1N. The number of nitrogens with two attached hydrogens (primary N) is 1. The summed E-state index contributed by atoms with van der Waals surface area (Å²) in [5, 5.41) is 3.99. The molecular weight excluding hydrogens is 277 g/mol. The first-order valence-electron chi connectivity index (χ1n) is 4.45. The first-order chi connectivity index (χ1) is 7.61. The Hall–Kier alpha value is -1.56. The first kappa shape index (κ1) is 10.9. The molecule has 0 aliphatic rings. The molecular formula is C10H9BrFN3O. The molecule has 4 nitrogen and oxygen atoms in total. The molecule has 2 rings (SSSR count). The van der Waals surface area contributed by atoms with Crippen molar-refractivity contribution in [1.82, 2.24) is 9.78 Å². The van der Waals surface area contributed by atoms with Crippen molar-refractivity contribution in [3.8, 4) is 11.4 Å². The quantitative estimate of drug-likeness (QED) is 0.862. The molecule has 6 heteroatoms. The van der Waals surface area contributed by atoms with E-state index in [0.29, 0.717) is 5.75 Å². The van der Waals surface area contributed by atoms with Crippen LogP contribution in [0.3, 0.4) is 0 Å². The van der Waals surface area contributed by atoms with Gasteiger partial charge in [0.15, 0.2) is 5.82 Å². The zero-order chi connectivity index (χ0) is 11.7. The Bertz CT molecular complexity index is 527. The highest BCUT2D eigenvalue weighted by Gasteiger charge is 2.10. The molecule has 1 aromatic heterocycles. The number of aromatic nitrogens is 2. The summed E-state index contributed by atoms with van der Waals surface area (Å²) in [6.45, 7) is 0. The van der Waals surface area contributed by atoms with Gasteiger partial charge in [-0.3, -0.25) is 0 Å². The van der Waals surface area contributed by atoms with Crippen LogP contribution in [0, 0.1) is 5.82 Å². The van der Waals surface area contributed by atoms with E-state index in [1.54, 1.807) is 12.4 Å². The summed E-state index contributed by atoms with van der Waals surface area (Å²) in [5.41, 5.74) is 6.13. The standard InChI is InChI=1S/C10H9BrFN3O/c1-16-10-3-9(7(12)2-8(10)13)15-5-6(11)4-14-15/h2-5H,13H2,1H3. The van der Waals surface area contributed by atoms with Gasteiger partial charge in [-0.25, -0.2) is 9.07 Å². The van der Waals surface area contributed by atoms with Gasteiger partial charge in [0.25, 0.3) is 0 Å². The van der Waals surface area contributed by atoms with Crippen LogP contribution in [0.4, 0.5) is 10.1 Å². The second-order valence-electron chi connectivity index (χ2n) is 3.15. The highest BCUT2D eigenvalue weighted by atomic mass is 79.9. The van der Waals surface area contributed by atoms with Gasteiger partial charge in [-0.1, -0.05) is 0 Å². The van der Waals surface area contributed by atoms with E-state index in [4.69, 9.17) is 10.5 Å². The minimum atomic E-state index is -0.450. The fraction of sp³-hybridized carbons (Fsp3) is 0.100. The maximum atomic E-state index is 13.7. The van der Waals surface area contributed by atoms with Gasteiger partial charge in [-0.2, -0.15) is 5.10 Å². The summed E-state index contributed by atoms with van der Waals surface area (Å²) in [4.78, 5) is 0. The van der Waals surface area contributed by atoms with E-state index in [0.717, 1.165) is 4.47 Å². The summed E-state index contributed by atoms with van der Waals surface area (Å²) < 4.78 is 20.8. The number of halogens is 2. The number of hydrogen-bond acceptors (Lipinski definition) is 3. The van der Waals surface area contributed by atoms with Crippen LogP contribution < -0.4 is 10.5 Å². The summed E-state index contributed by atoms with van der Waals surface area (Å²) >= 11 is 3.24. The molecule has 2 aromatic rings. The van der Waals surface area contributed by atoms with Crippen LogP contribution in [0.15, 0.2) is 29.0 Å². The lowest BCUT2D eigenvalue weighted by atomic mass is 10.2. The number of methoxy groups -OCH3 is 1. The van der Waals surface area contributed by atoms with Crippen LogP contribution in [0.5, 0.6) is 5.75 Å². The minimum absolute atomic E-state index is 0.259. The van der Waals surface area contributed by atoms with E-state index in [9.17, 15) is 4.39 Å². The number of ether oxygens (including phenoxy) is 1. The highest BCUT2D eigenvalue weighted by Crippen LogP contribution is 2.27. The van der Waals surface area contributed by atoms with Crippen LogP contribution in [-0.2, 0) is 0 Å². The molecule has 0 aliphatic carbocycles. The maximum Gasteiger partial charge on any atom is 0.151 e. The lowest BCUT2D eigenvalue weighted by Crippen LogP contribution is -2.01. The van der Waals surface area contributed by atoms with Crippen LogP contribution in [0.1, 0.15) is 0 Å². The molecule has 0 spiro atoms. The normalized spacial score (nSPS) is 10.4. The topological polar surface area (TPSA) is 53.1 Å². The van der Waals surface area contributed by atoms with E-state index in [1.807, 2.05) is 0 Å². The number of nitrogens with zero attached hydrogens (tertiary/aromatic N) is 2. The Morgan fingerprint density at radius 1 is 1.50 bits per heavy atom. The predicted octanol–water partition coefficient (Wildman–Crippen LogP) is 2.36. The van der Waals surface area contributed by atoms with E-state index in [2.05, 4.69) is 21.0 Å². The van der Waals surface area contributed by atoms with Gasteiger partial charge in [-0.05, 0) is 15.9 Å². The zero-order valence-electron chi connectivity index (χ0n) is 8.45. The summed E-state index contributed by atoms with van der Waals surface area (Å²) in [5.74, 6) is -0.0306. The van der Waals surface area contributed by atoms with Crippen molar-refractivity contribution in [2.24, 2.45) is 0 Å². The fourth-order valence-electron chi connectivity index (χ4n) is 1.34. The van der Waals surface area contributed by atoms with Crippen molar-refractivity contribution in [2.75, 3.05) is 12.8 Å². The summed E-state index contributed by atoms with van der Waals surface area (Å²) in [6.07, 6.45) is 3.22. The number of benzene rings is 1. The number of anilines is 1. The molecule has 1 aromatic carbocycles. The lowest BCUT2D eigenvalue weighted by molar-refractivity contribution is 0.415. The molecule has 2 N–H and O–H groups in total. The largest absolute Gasteiger partial charge is 0.495 e. The zero-order valence-corrected chi connectivity index (χ0v) is 10.0. The third-order valence-electron chi connectivity index (χ3n) is 2.10. The van der Waals surface area contributed by atoms with Crippen molar-refractivity contribution in [3.63, 3.8) is 0 Å². The average molecular weight is 286 g/mol. The fourth-order valence-corrected chi connectivity index (χ4v) is 1.63. The molecule has 0 atom stereocenters. The minimum Gasteiger partial charge on any atom is -0.495 e. The highest BCUT2D eigenvalue weighted by molar-refractivity contribution is 9.10. The molecule has 0 aliphatic heterocycles. The number of nitrogen functional groups attached to an aromatic ring is 1. The van der Waals surface area contributed by atoms with Crippen molar-refractivity contribution in [2.45, 2.75) is 0 Å². The molecule has 84 valence electrons. The van der Waals surface area contributed by atoms with E-state index < -0.39 is 5.82 Å². The van der Waals surface area contributed by atoms with Crippen LogP contribution in [0.2, 0.25) is 0 Å². The van der Waals surface area contributed by atoms with Crippen molar-refractivity contribution < 1.29 is 9.13 Å². The van der Waals surface area contributed by atoms with E-state index in [1.165, 1.54) is 23.9 Å². The van der Waals surface area contributed by atoms with Crippen molar-refractivity contribution in [3.05, 3.63) is 34.8 Å². The molecule has 0 amide bonds. The number of hydrogen-bond donors (Lipinski definition) is 1. The number of rotatable bonds is 2. The Morgan fingerprint density at radius 2 is 2.25 bits per heavy atom. The Kier molecular flexibility index (Phi) is 2.82. The van der Waals surface area contributed by atoms with Crippen LogP contribution >= 0.6 is 15.9 Å². The van der Waals surface area contributed by atoms with E-state index in [-0.39, 0.29) is 11.4 Å². The lowest BCUT2D eigenvalue weighted by Gasteiger charge is -2.08. The summed E-state index contributed by atoms with van der Waals surface area (Å²) in [6, 6.07) is 2.72. The smallest absolute Gasteiger partial charge is 0.151 e. The second kappa shape index (κ2) is 4.13. The molecule has 0 bridgehead atoms. The first-order valence-corrected chi connectivity index (χ1v) is 5.24. The van der Waals surface area contributed by atoms with E-state index >= 15 is 0 Å². The van der Waals surface area contributed by atoms with Gasteiger partial charge < -0.3 is 10.5 Å². The van der Waals surface area contributed by atoms with Gasteiger partial charge in [0.1, 0.15) is 11.4 Å². The Morgan fingerprint density at radius 3 is 2.81 bits per heavy atom. The third-order valence-corrected chi connectivity index (χ3v) is 2.51. The molecule has 1 heterocycles. The summed E-state index contributed by atoms with van der Waals surface area (Å²) in [7, 11) is 1.48. The van der Waals surface area contributed by atoms with Gasteiger partial charge in [-0.15, -0.1) is 0 Å². The maximum absolute atomic E-state index is 13.7.